The van der Waals surface area contributed by atoms with Gasteiger partial charge >= 0.3 is 0 Å². The molecule has 0 aliphatic heterocycles. The summed E-state index contributed by atoms with van der Waals surface area (Å²) in [6.07, 6.45) is 4.79. The Morgan fingerprint density at radius 3 is 2.74 bits per heavy atom. The summed E-state index contributed by atoms with van der Waals surface area (Å²) in [5.41, 5.74) is 2.69. The van der Waals surface area contributed by atoms with Crippen molar-refractivity contribution < 1.29 is 14.0 Å². The molecule has 1 N–H and O–H groups in total. The van der Waals surface area contributed by atoms with Crippen LogP contribution in [0.1, 0.15) is 15.9 Å². The van der Waals surface area contributed by atoms with Crippen molar-refractivity contribution >= 4 is 28.4 Å². The van der Waals surface area contributed by atoms with Crippen LogP contribution in [0, 0.1) is 5.82 Å². The summed E-state index contributed by atoms with van der Waals surface area (Å²) in [6.45, 7) is 0.497. The van der Waals surface area contributed by atoms with Gasteiger partial charge in [-0.2, -0.15) is 5.10 Å². The van der Waals surface area contributed by atoms with Crippen molar-refractivity contribution in [2.24, 2.45) is 0 Å². The smallest absolute Gasteiger partial charge is 0.255 e. The zero-order chi connectivity index (χ0) is 21.8. The molecule has 0 saturated heterocycles. The van der Waals surface area contributed by atoms with Gasteiger partial charge in [-0.05, 0) is 48.0 Å². The fraction of sp³-hybridized carbons (Fsp3) is 0.130. The van der Waals surface area contributed by atoms with Crippen LogP contribution in [0.25, 0.3) is 10.9 Å². The van der Waals surface area contributed by atoms with Crippen LogP contribution in [-0.4, -0.2) is 38.5 Å². The Hall–Kier alpha value is -4.07. The number of amides is 2. The first-order valence-corrected chi connectivity index (χ1v) is 9.65. The molecule has 0 bridgehead atoms. The van der Waals surface area contributed by atoms with Crippen molar-refractivity contribution in [2.45, 2.75) is 13.1 Å². The number of carbonyl (C=O) groups is 2. The third-order valence-electron chi connectivity index (χ3n) is 4.81. The summed E-state index contributed by atoms with van der Waals surface area (Å²) in [5.74, 6) is -0.910. The van der Waals surface area contributed by atoms with Gasteiger partial charge in [0, 0.05) is 36.9 Å². The molecule has 0 saturated carbocycles. The van der Waals surface area contributed by atoms with Crippen LogP contribution in [0.2, 0.25) is 0 Å². The summed E-state index contributed by atoms with van der Waals surface area (Å²) in [7, 11) is 1.73. The summed E-state index contributed by atoms with van der Waals surface area (Å²) >= 11 is 0. The highest BCUT2D eigenvalue weighted by Gasteiger charge is 2.13. The van der Waals surface area contributed by atoms with E-state index in [2.05, 4.69) is 15.4 Å². The third kappa shape index (κ3) is 4.92. The number of anilines is 1. The maximum Gasteiger partial charge on any atom is 0.255 e. The standard InChI is InChI=1S/C23H20FN5O2/c1-28(13-16-4-9-21-18(11-16)3-2-10-25-21)22(30)15-29-14-20(12-26-29)27-23(31)17-5-7-19(24)8-6-17/h2-12,14H,13,15H2,1H3,(H,27,31). The first-order chi connectivity index (χ1) is 15.0. The van der Waals surface area contributed by atoms with E-state index in [-0.39, 0.29) is 18.4 Å². The van der Waals surface area contributed by atoms with Crippen LogP contribution in [-0.2, 0) is 17.9 Å². The topological polar surface area (TPSA) is 80.1 Å². The number of likely N-dealkylation sites (N-methyl/N-ethyl adjacent to an activating group) is 1. The van der Waals surface area contributed by atoms with E-state index >= 15 is 0 Å². The second kappa shape index (κ2) is 8.74. The Kier molecular flexibility index (Phi) is 5.70. The van der Waals surface area contributed by atoms with E-state index in [9.17, 15) is 14.0 Å². The number of pyridine rings is 1. The highest BCUT2D eigenvalue weighted by molar-refractivity contribution is 6.04. The van der Waals surface area contributed by atoms with Gasteiger partial charge in [-0.25, -0.2) is 4.39 Å². The van der Waals surface area contributed by atoms with Crippen LogP contribution in [0.5, 0.6) is 0 Å². The molecule has 2 aromatic heterocycles. The number of carbonyl (C=O) groups excluding carboxylic acids is 2. The van der Waals surface area contributed by atoms with Crippen molar-refractivity contribution in [3.05, 3.63) is 90.1 Å². The number of nitrogens with zero attached hydrogens (tertiary/aromatic N) is 4. The zero-order valence-electron chi connectivity index (χ0n) is 16.8. The average molecular weight is 417 g/mol. The quantitative estimate of drug-likeness (QED) is 0.521. The Balaban J connectivity index is 1.35. The Morgan fingerprint density at radius 1 is 1.13 bits per heavy atom. The number of rotatable bonds is 6. The fourth-order valence-corrected chi connectivity index (χ4v) is 3.16. The minimum atomic E-state index is -0.410. The van der Waals surface area contributed by atoms with Gasteiger partial charge in [-0.1, -0.05) is 12.1 Å². The predicted octanol–water partition coefficient (Wildman–Crippen LogP) is 3.48. The highest BCUT2D eigenvalue weighted by Crippen LogP contribution is 2.15. The molecule has 0 aliphatic carbocycles. The molecule has 2 amide bonds. The Bertz CT molecular complexity index is 1240. The number of fused-ring (bicyclic) bond motifs is 1. The Morgan fingerprint density at radius 2 is 1.94 bits per heavy atom. The molecule has 156 valence electrons. The highest BCUT2D eigenvalue weighted by atomic mass is 19.1. The lowest BCUT2D eigenvalue weighted by atomic mass is 10.1. The minimum absolute atomic E-state index is 0.0397. The van der Waals surface area contributed by atoms with Crippen LogP contribution in [0.4, 0.5) is 10.1 Å². The number of aromatic nitrogens is 3. The van der Waals surface area contributed by atoms with E-state index in [0.717, 1.165) is 16.5 Å². The van der Waals surface area contributed by atoms with E-state index in [1.54, 1.807) is 24.3 Å². The molecule has 31 heavy (non-hydrogen) atoms. The average Bonchev–Trinajstić information content (AvgIpc) is 3.20. The largest absolute Gasteiger partial charge is 0.340 e. The number of benzene rings is 2. The van der Waals surface area contributed by atoms with E-state index in [1.807, 2.05) is 30.3 Å². The third-order valence-corrected chi connectivity index (χ3v) is 4.81. The van der Waals surface area contributed by atoms with Crippen LogP contribution >= 0.6 is 0 Å². The molecule has 8 heteroatoms. The Labute approximate surface area is 178 Å². The van der Waals surface area contributed by atoms with Crippen molar-refractivity contribution in [1.82, 2.24) is 19.7 Å². The predicted molar refractivity (Wildman–Crippen MR) is 115 cm³/mol. The lowest BCUT2D eigenvalue weighted by Gasteiger charge is -2.17. The zero-order valence-corrected chi connectivity index (χ0v) is 16.8. The van der Waals surface area contributed by atoms with Gasteiger partial charge in [0.15, 0.2) is 0 Å². The number of hydrogen-bond acceptors (Lipinski definition) is 4. The van der Waals surface area contributed by atoms with Crippen LogP contribution < -0.4 is 5.32 Å². The molecule has 0 aliphatic rings. The maximum absolute atomic E-state index is 13.0. The van der Waals surface area contributed by atoms with Gasteiger partial charge < -0.3 is 10.2 Å². The molecule has 0 atom stereocenters. The van der Waals surface area contributed by atoms with Gasteiger partial charge in [0.1, 0.15) is 12.4 Å². The summed E-state index contributed by atoms with van der Waals surface area (Å²) in [4.78, 5) is 30.7. The van der Waals surface area contributed by atoms with Gasteiger partial charge in [0.05, 0.1) is 17.4 Å². The molecule has 0 spiro atoms. The SMILES string of the molecule is CN(Cc1ccc2ncccc2c1)C(=O)Cn1cc(NC(=O)c2ccc(F)cc2)cn1. The number of hydrogen-bond donors (Lipinski definition) is 1. The van der Waals surface area contributed by atoms with E-state index in [0.29, 0.717) is 17.8 Å². The van der Waals surface area contributed by atoms with Crippen molar-refractivity contribution in [3.8, 4) is 0 Å². The first-order valence-electron chi connectivity index (χ1n) is 9.65. The van der Waals surface area contributed by atoms with Gasteiger partial charge in [-0.15, -0.1) is 0 Å². The molecule has 4 rings (SSSR count). The van der Waals surface area contributed by atoms with Gasteiger partial charge in [0.25, 0.3) is 5.91 Å². The second-order valence-corrected chi connectivity index (χ2v) is 7.17. The van der Waals surface area contributed by atoms with Crippen molar-refractivity contribution in [2.75, 3.05) is 12.4 Å². The molecule has 2 aromatic carbocycles. The molecule has 7 nitrogen and oxygen atoms in total. The first kappa shape index (κ1) is 20.2. The van der Waals surface area contributed by atoms with E-state index in [1.165, 1.54) is 35.1 Å². The molecular weight excluding hydrogens is 397 g/mol. The summed E-state index contributed by atoms with van der Waals surface area (Å²) < 4.78 is 14.5. The lowest BCUT2D eigenvalue weighted by molar-refractivity contribution is -0.131. The normalized spacial score (nSPS) is 10.8. The lowest BCUT2D eigenvalue weighted by Crippen LogP contribution is -2.29. The van der Waals surface area contributed by atoms with Crippen LogP contribution in [0.3, 0.4) is 0 Å². The molecule has 4 aromatic rings. The fourth-order valence-electron chi connectivity index (χ4n) is 3.16. The molecule has 0 fully saturated rings. The van der Waals surface area contributed by atoms with Crippen LogP contribution in [0.15, 0.2) is 73.2 Å². The van der Waals surface area contributed by atoms with E-state index in [4.69, 9.17) is 0 Å². The molecule has 0 unspecified atom stereocenters. The molecular formula is C23H20FN5O2. The summed E-state index contributed by atoms with van der Waals surface area (Å²) in [5, 5.41) is 7.84. The summed E-state index contributed by atoms with van der Waals surface area (Å²) in [6, 6.07) is 15.0. The maximum atomic E-state index is 13.0. The second-order valence-electron chi connectivity index (χ2n) is 7.17. The molecule has 0 radical (unpaired) electrons. The molecule has 2 heterocycles. The number of halogens is 1. The van der Waals surface area contributed by atoms with Gasteiger partial charge in [0.2, 0.25) is 5.91 Å². The van der Waals surface area contributed by atoms with E-state index < -0.39 is 5.82 Å². The number of nitrogens with one attached hydrogen (secondary N) is 1. The van der Waals surface area contributed by atoms with Crippen molar-refractivity contribution in [3.63, 3.8) is 0 Å². The van der Waals surface area contributed by atoms with Gasteiger partial charge in [-0.3, -0.25) is 19.3 Å². The monoisotopic (exact) mass is 417 g/mol. The van der Waals surface area contributed by atoms with Crippen molar-refractivity contribution in [1.29, 1.82) is 0 Å². The minimum Gasteiger partial charge on any atom is -0.340 e.